The summed E-state index contributed by atoms with van der Waals surface area (Å²) in [5, 5.41) is 3.05. The molecule has 1 fully saturated rings. The zero-order valence-corrected chi connectivity index (χ0v) is 13.6. The fraction of sp³-hybridized carbons (Fsp3) is 0.529. The van der Waals surface area contributed by atoms with Crippen LogP contribution in [0.4, 0.5) is 10.5 Å². The molecule has 3 N–H and O–H groups in total. The van der Waals surface area contributed by atoms with Gasteiger partial charge in [-0.1, -0.05) is 12.1 Å². The third-order valence-corrected chi connectivity index (χ3v) is 3.98. The molecular formula is C17H25N3O3. The number of amides is 2. The SMILES string of the molecule is CCOC(=O)N1CCC(NC(=O)CCc2cccc(N)c2)CC1. The van der Waals surface area contributed by atoms with Crippen molar-refractivity contribution in [3.8, 4) is 0 Å². The smallest absolute Gasteiger partial charge is 0.409 e. The second-order valence-electron chi connectivity index (χ2n) is 5.77. The molecule has 0 unspecified atom stereocenters. The van der Waals surface area contributed by atoms with Gasteiger partial charge in [0.15, 0.2) is 0 Å². The molecule has 0 atom stereocenters. The van der Waals surface area contributed by atoms with E-state index in [2.05, 4.69) is 5.32 Å². The molecule has 1 saturated heterocycles. The predicted molar refractivity (Wildman–Crippen MR) is 88.9 cm³/mol. The first-order chi connectivity index (χ1) is 11.1. The van der Waals surface area contributed by atoms with E-state index in [0.29, 0.717) is 38.2 Å². The number of ether oxygens (including phenoxy) is 1. The van der Waals surface area contributed by atoms with Crippen LogP contribution < -0.4 is 11.1 Å². The summed E-state index contributed by atoms with van der Waals surface area (Å²) in [6.45, 7) is 3.43. The van der Waals surface area contributed by atoms with Crippen LogP contribution in [-0.2, 0) is 16.0 Å². The van der Waals surface area contributed by atoms with E-state index in [4.69, 9.17) is 10.5 Å². The zero-order chi connectivity index (χ0) is 16.7. The normalized spacial score (nSPS) is 15.3. The van der Waals surface area contributed by atoms with E-state index in [1.54, 1.807) is 11.8 Å². The summed E-state index contributed by atoms with van der Waals surface area (Å²) in [4.78, 5) is 25.4. The van der Waals surface area contributed by atoms with Crippen molar-refractivity contribution >= 4 is 17.7 Å². The summed E-state index contributed by atoms with van der Waals surface area (Å²) in [5.74, 6) is 0.0435. The number of benzene rings is 1. The summed E-state index contributed by atoms with van der Waals surface area (Å²) in [5.41, 5.74) is 7.51. The Bertz CT molecular complexity index is 540. The van der Waals surface area contributed by atoms with Gasteiger partial charge in [-0.05, 0) is 43.9 Å². The van der Waals surface area contributed by atoms with Gasteiger partial charge in [0.05, 0.1) is 6.61 Å². The van der Waals surface area contributed by atoms with Crippen LogP contribution in [0.15, 0.2) is 24.3 Å². The van der Waals surface area contributed by atoms with Gasteiger partial charge >= 0.3 is 6.09 Å². The Morgan fingerprint density at radius 3 is 2.74 bits per heavy atom. The lowest BCUT2D eigenvalue weighted by molar-refractivity contribution is -0.122. The molecule has 0 aliphatic carbocycles. The van der Waals surface area contributed by atoms with Crippen LogP contribution in [0.3, 0.4) is 0 Å². The number of nitrogens with two attached hydrogens (primary N) is 1. The predicted octanol–water partition coefficient (Wildman–Crippen LogP) is 1.94. The number of hydrogen-bond acceptors (Lipinski definition) is 4. The largest absolute Gasteiger partial charge is 0.450 e. The van der Waals surface area contributed by atoms with E-state index in [9.17, 15) is 9.59 Å². The van der Waals surface area contributed by atoms with Crippen LogP contribution in [0.25, 0.3) is 0 Å². The number of piperidine rings is 1. The molecule has 1 aromatic carbocycles. The van der Waals surface area contributed by atoms with Crippen LogP contribution >= 0.6 is 0 Å². The van der Waals surface area contributed by atoms with Crippen molar-refractivity contribution in [2.75, 3.05) is 25.4 Å². The first-order valence-corrected chi connectivity index (χ1v) is 8.14. The van der Waals surface area contributed by atoms with E-state index in [1.165, 1.54) is 0 Å². The van der Waals surface area contributed by atoms with Gasteiger partial charge in [-0.3, -0.25) is 4.79 Å². The van der Waals surface area contributed by atoms with Gasteiger partial charge < -0.3 is 20.7 Å². The highest BCUT2D eigenvalue weighted by Gasteiger charge is 2.24. The molecule has 2 amide bonds. The maximum Gasteiger partial charge on any atom is 0.409 e. The highest BCUT2D eigenvalue weighted by Crippen LogP contribution is 2.13. The van der Waals surface area contributed by atoms with Crippen LogP contribution in [0.2, 0.25) is 0 Å². The Kier molecular flexibility index (Phi) is 6.26. The first kappa shape index (κ1) is 17.1. The molecule has 1 aromatic rings. The third kappa shape index (κ3) is 5.47. The molecular weight excluding hydrogens is 294 g/mol. The molecule has 0 spiro atoms. The number of nitrogens with zero attached hydrogens (tertiary/aromatic N) is 1. The molecule has 1 aliphatic rings. The van der Waals surface area contributed by atoms with Gasteiger partial charge in [-0.2, -0.15) is 0 Å². The van der Waals surface area contributed by atoms with Gasteiger partial charge in [0.25, 0.3) is 0 Å². The lowest BCUT2D eigenvalue weighted by atomic mass is 10.0. The molecule has 0 aromatic heterocycles. The number of nitrogen functional groups attached to an aromatic ring is 1. The Morgan fingerprint density at radius 1 is 1.35 bits per heavy atom. The molecule has 23 heavy (non-hydrogen) atoms. The first-order valence-electron chi connectivity index (χ1n) is 8.14. The molecule has 6 nitrogen and oxygen atoms in total. The van der Waals surface area contributed by atoms with E-state index < -0.39 is 0 Å². The fourth-order valence-corrected chi connectivity index (χ4v) is 2.73. The number of rotatable bonds is 5. The van der Waals surface area contributed by atoms with Crippen LogP contribution in [0.5, 0.6) is 0 Å². The number of carbonyl (C=O) groups is 2. The van der Waals surface area contributed by atoms with Gasteiger partial charge in [0.1, 0.15) is 0 Å². The van der Waals surface area contributed by atoms with Gasteiger partial charge in [-0.25, -0.2) is 4.79 Å². The zero-order valence-electron chi connectivity index (χ0n) is 13.6. The van der Waals surface area contributed by atoms with Crippen molar-refractivity contribution < 1.29 is 14.3 Å². The number of likely N-dealkylation sites (tertiary alicyclic amines) is 1. The maximum atomic E-state index is 12.0. The number of anilines is 1. The minimum atomic E-state index is -0.265. The topological polar surface area (TPSA) is 84.7 Å². The van der Waals surface area contributed by atoms with E-state index in [-0.39, 0.29) is 18.0 Å². The molecule has 0 radical (unpaired) electrons. The van der Waals surface area contributed by atoms with Crippen molar-refractivity contribution in [2.45, 2.75) is 38.6 Å². The Balaban J connectivity index is 1.69. The third-order valence-electron chi connectivity index (χ3n) is 3.98. The van der Waals surface area contributed by atoms with Crippen molar-refractivity contribution in [1.29, 1.82) is 0 Å². The quantitative estimate of drug-likeness (QED) is 0.812. The van der Waals surface area contributed by atoms with E-state index >= 15 is 0 Å². The van der Waals surface area contributed by atoms with Gasteiger partial charge in [0.2, 0.25) is 5.91 Å². The summed E-state index contributed by atoms with van der Waals surface area (Å²) in [6, 6.07) is 7.73. The molecule has 6 heteroatoms. The highest BCUT2D eigenvalue weighted by atomic mass is 16.6. The average molecular weight is 319 g/mol. The van der Waals surface area contributed by atoms with Gasteiger partial charge in [0, 0.05) is 31.2 Å². The van der Waals surface area contributed by atoms with Crippen molar-refractivity contribution in [2.24, 2.45) is 0 Å². The van der Waals surface area contributed by atoms with Gasteiger partial charge in [-0.15, -0.1) is 0 Å². The Hall–Kier alpha value is -2.24. The molecule has 1 aliphatic heterocycles. The number of carbonyl (C=O) groups excluding carboxylic acids is 2. The van der Waals surface area contributed by atoms with Crippen molar-refractivity contribution in [3.63, 3.8) is 0 Å². The number of nitrogens with one attached hydrogen (secondary N) is 1. The Labute approximate surface area is 137 Å². The minimum absolute atomic E-state index is 0.0435. The summed E-state index contributed by atoms with van der Waals surface area (Å²) < 4.78 is 4.98. The standard InChI is InChI=1S/C17H25N3O3/c1-2-23-17(22)20-10-8-15(9-11-20)19-16(21)7-6-13-4-3-5-14(18)12-13/h3-5,12,15H,2,6-11,18H2,1H3,(H,19,21). The molecule has 0 saturated carbocycles. The molecule has 2 rings (SSSR count). The second kappa shape index (κ2) is 8.41. The Morgan fingerprint density at radius 2 is 2.09 bits per heavy atom. The summed E-state index contributed by atoms with van der Waals surface area (Å²) >= 11 is 0. The minimum Gasteiger partial charge on any atom is -0.450 e. The second-order valence-corrected chi connectivity index (χ2v) is 5.77. The number of hydrogen-bond donors (Lipinski definition) is 2. The lowest BCUT2D eigenvalue weighted by Gasteiger charge is -2.31. The highest BCUT2D eigenvalue weighted by molar-refractivity contribution is 5.76. The molecule has 1 heterocycles. The average Bonchev–Trinajstić information content (AvgIpc) is 2.54. The summed E-state index contributed by atoms with van der Waals surface area (Å²) in [7, 11) is 0. The maximum absolute atomic E-state index is 12.0. The monoisotopic (exact) mass is 319 g/mol. The van der Waals surface area contributed by atoms with Crippen LogP contribution in [-0.4, -0.2) is 42.6 Å². The molecule has 0 bridgehead atoms. The van der Waals surface area contributed by atoms with Crippen LogP contribution in [0.1, 0.15) is 31.7 Å². The van der Waals surface area contributed by atoms with Crippen LogP contribution in [0, 0.1) is 0 Å². The van der Waals surface area contributed by atoms with E-state index in [0.717, 1.165) is 18.4 Å². The fourth-order valence-electron chi connectivity index (χ4n) is 2.73. The van der Waals surface area contributed by atoms with Crippen molar-refractivity contribution in [1.82, 2.24) is 10.2 Å². The summed E-state index contributed by atoms with van der Waals surface area (Å²) in [6.07, 6.45) is 2.39. The van der Waals surface area contributed by atoms with E-state index in [1.807, 2.05) is 24.3 Å². The number of aryl methyl sites for hydroxylation is 1. The van der Waals surface area contributed by atoms with Crippen molar-refractivity contribution in [3.05, 3.63) is 29.8 Å². The lowest BCUT2D eigenvalue weighted by Crippen LogP contribution is -2.46. The molecule has 126 valence electrons.